The van der Waals surface area contributed by atoms with Crippen molar-refractivity contribution in [3.05, 3.63) is 59.2 Å². The lowest BCUT2D eigenvalue weighted by molar-refractivity contribution is -0.921. The molecule has 1 aliphatic heterocycles. The van der Waals surface area contributed by atoms with Crippen LogP contribution >= 0.6 is 0 Å². The van der Waals surface area contributed by atoms with Crippen molar-refractivity contribution in [3.63, 3.8) is 0 Å². The molecule has 2 aromatic carbocycles. The van der Waals surface area contributed by atoms with Crippen LogP contribution in [-0.2, 0) is 11.3 Å². The van der Waals surface area contributed by atoms with Crippen molar-refractivity contribution in [2.45, 2.75) is 13.5 Å². The van der Waals surface area contributed by atoms with Crippen LogP contribution in [0.4, 0.5) is 0 Å². The van der Waals surface area contributed by atoms with E-state index in [-0.39, 0.29) is 5.91 Å². The highest BCUT2D eigenvalue weighted by Crippen LogP contribution is 2.27. The number of hydrazone groups is 1. The monoisotopic (exact) mass is 398 g/mol. The fourth-order valence-corrected chi connectivity index (χ4v) is 3.22. The summed E-state index contributed by atoms with van der Waals surface area (Å²) in [5.74, 6) is 1.02. The van der Waals surface area contributed by atoms with Gasteiger partial charge in [-0.15, -0.1) is 0 Å². The number of morpholine rings is 1. The Morgan fingerprint density at radius 1 is 1.03 bits per heavy atom. The number of methoxy groups -OCH3 is 2. The summed E-state index contributed by atoms with van der Waals surface area (Å²) < 4.78 is 15.9. The number of carbonyl (C=O) groups is 1. The molecule has 2 N–H and O–H groups in total. The van der Waals surface area contributed by atoms with Gasteiger partial charge in [-0.25, -0.2) is 5.43 Å². The fourth-order valence-electron chi connectivity index (χ4n) is 3.22. The quantitative estimate of drug-likeness (QED) is 0.544. The van der Waals surface area contributed by atoms with Crippen LogP contribution in [0.15, 0.2) is 47.6 Å². The van der Waals surface area contributed by atoms with Gasteiger partial charge in [0.1, 0.15) is 19.6 Å². The molecule has 2 aromatic rings. The van der Waals surface area contributed by atoms with Gasteiger partial charge in [-0.3, -0.25) is 4.79 Å². The lowest BCUT2D eigenvalue weighted by Crippen LogP contribution is -3.12. The molecule has 154 valence electrons. The SMILES string of the molecule is COc1ccc(/C(C)=N\NC(=O)c2ccc(C[NH+]3CCOCC3)cc2)cc1OC. The molecule has 0 unspecified atom stereocenters. The van der Waals surface area contributed by atoms with E-state index in [0.717, 1.165) is 38.4 Å². The molecule has 0 radical (unpaired) electrons. The lowest BCUT2D eigenvalue weighted by Gasteiger charge is -2.23. The summed E-state index contributed by atoms with van der Waals surface area (Å²) in [6.07, 6.45) is 0. The first-order valence-corrected chi connectivity index (χ1v) is 9.68. The number of nitrogens with one attached hydrogen (secondary N) is 2. The van der Waals surface area contributed by atoms with Gasteiger partial charge in [-0.2, -0.15) is 5.10 Å². The van der Waals surface area contributed by atoms with Crippen molar-refractivity contribution in [2.24, 2.45) is 5.10 Å². The van der Waals surface area contributed by atoms with Crippen LogP contribution in [-0.4, -0.2) is 52.1 Å². The molecule has 7 heteroatoms. The highest BCUT2D eigenvalue weighted by atomic mass is 16.5. The zero-order valence-corrected chi connectivity index (χ0v) is 17.2. The minimum Gasteiger partial charge on any atom is -0.493 e. The first-order valence-electron chi connectivity index (χ1n) is 9.68. The number of benzene rings is 2. The minimum atomic E-state index is -0.241. The predicted molar refractivity (Wildman–Crippen MR) is 111 cm³/mol. The van der Waals surface area contributed by atoms with Crippen LogP contribution in [0.25, 0.3) is 0 Å². The van der Waals surface area contributed by atoms with E-state index in [4.69, 9.17) is 14.2 Å². The molecule has 0 spiro atoms. The summed E-state index contributed by atoms with van der Waals surface area (Å²) >= 11 is 0. The third-order valence-corrected chi connectivity index (χ3v) is 5.00. The molecular formula is C22H28N3O4+. The Kier molecular flexibility index (Phi) is 7.21. The number of nitrogens with zero attached hydrogens (tertiary/aromatic N) is 1. The Bertz CT molecular complexity index is 859. The third kappa shape index (κ3) is 5.56. The Morgan fingerprint density at radius 2 is 1.69 bits per heavy atom. The van der Waals surface area contributed by atoms with Crippen LogP contribution in [0.3, 0.4) is 0 Å². The summed E-state index contributed by atoms with van der Waals surface area (Å²) in [5, 5.41) is 4.22. The van der Waals surface area contributed by atoms with E-state index in [1.54, 1.807) is 14.2 Å². The Balaban J connectivity index is 1.60. The van der Waals surface area contributed by atoms with Gasteiger partial charge in [0.05, 0.1) is 33.1 Å². The molecule has 1 aliphatic rings. The van der Waals surface area contributed by atoms with Crippen molar-refractivity contribution in [1.29, 1.82) is 0 Å². The van der Waals surface area contributed by atoms with E-state index in [2.05, 4.69) is 10.5 Å². The van der Waals surface area contributed by atoms with Crippen LogP contribution in [0.5, 0.6) is 11.5 Å². The summed E-state index contributed by atoms with van der Waals surface area (Å²) in [7, 11) is 3.17. The average Bonchev–Trinajstić information content (AvgIpc) is 2.78. The van der Waals surface area contributed by atoms with E-state index in [0.29, 0.717) is 22.8 Å². The maximum atomic E-state index is 12.4. The van der Waals surface area contributed by atoms with Crippen molar-refractivity contribution in [2.75, 3.05) is 40.5 Å². The number of quaternary nitrogens is 1. The number of hydrogen-bond donors (Lipinski definition) is 2. The normalized spacial score (nSPS) is 15.1. The molecule has 1 amide bonds. The lowest BCUT2D eigenvalue weighted by atomic mass is 10.1. The van der Waals surface area contributed by atoms with Gasteiger partial charge in [0.2, 0.25) is 0 Å². The molecule has 29 heavy (non-hydrogen) atoms. The van der Waals surface area contributed by atoms with Crippen LogP contribution < -0.4 is 19.8 Å². The molecule has 1 fully saturated rings. The first kappa shape index (κ1) is 20.8. The number of amides is 1. The van der Waals surface area contributed by atoms with Gasteiger partial charge in [-0.1, -0.05) is 12.1 Å². The van der Waals surface area contributed by atoms with E-state index < -0.39 is 0 Å². The molecule has 7 nitrogen and oxygen atoms in total. The topological polar surface area (TPSA) is 73.6 Å². The molecule has 0 atom stereocenters. The van der Waals surface area contributed by atoms with Crippen LogP contribution in [0.2, 0.25) is 0 Å². The molecule has 3 rings (SSSR count). The largest absolute Gasteiger partial charge is 0.493 e. The summed E-state index contributed by atoms with van der Waals surface area (Å²) in [6.45, 7) is 6.44. The summed E-state index contributed by atoms with van der Waals surface area (Å²) in [5.41, 5.74) is 5.92. The number of ether oxygens (including phenoxy) is 3. The Hall–Kier alpha value is -2.90. The van der Waals surface area contributed by atoms with Gasteiger partial charge in [0.15, 0.2) is 11.5 Å². The van der Waals surface area contributed by atoms with E-state index in [1.807, 2.05) is 49.4 Å². The Morgan fingerprint density at radius 3 is 2.34 bits per heavy atom. The molecule has 1 saturated heterocycles. The first-order chi connectivity index (χ1) is 14.1. The van der Waals surface area contributed by atoms with Crippen molar-refractivity contribution in [1.82, 2.24) is 5.43 Å². The fraction of sp³-hybridized carbons (Fsp3) is 0.364. The standard InChI is InChI=1S/C22H27N3O4/c1-16(19-8-9-20(27-2)21(14-19)28-3)23-24-22(26)18-6-4-17(5-7-18)15-25-10-12-29-13-11-25/h4-9,14H,10-13,15H2,1-3H3,(H,24,26)/p+1/b23-16-. The van der Waals surface area contributed by atoms with Crippen molar-refractivity contribution < 1.29 is 23.9 Å². The second kappa shape index (κ2) is 10.0. The van der Waals surface area contributed by atoms with Gasteiger partial charge < -0.3 is 19.1 Å². The van der Waals surface area contributed by atoms with Gasteiger partial charge in [-0.05, 0) is 37.3 Å². The molecule has 0 aliphatic carbocycles. The van der Waals surface area contributed by atoms with Gasteiger partial charge in [0.25, 0.3) is 5.91 Å². The second-order valence-corrected chi connectivity index (χ2v) is 6.94. The molecule has 1 heterocycles. The highest BCUT2D eigenvalue weighted by molar-refractivity contribution is 6.01. The zero-order chi connectivity index (χ0) is 20.6. The number of rotatable bonds is 7. The maximum Gasteiger partial charge on any atom is 0.271 e. The van der Waals surface area contributed by atoms with E-state index in [1.165, 1.54) is 10.5 Å². The third-order valence-electron chi connectivity index (χ3n) is 5.00. The number of hydrogen-bond acceptors (Lipinski definition) is 5. The van der Waals surface area contributed by atoms with Crippen molar-refractivity contribution in [3.8, 4) is 11.5 Å². The Labute approximate surface area is 171 Å². The average molecular weight is 398 g/mol. The predicted octanol–water partition coefficient (Wildman–Crippen LogP) is 1.27. The van der Waals surface area contributed by atoms with Crippen molar-refractivity contribution >= 4 is 11.6 Å². The van der Waals surface area contributed by atoms with Gasteiger partial charge >= 0.3 is 0 Å². The summed E-state index contributed by atoms with van der Waals surface area (Å²) in [4.78, 5) is 13.9. The molecule has 0 bridgehead atoms. The van der Waals surface area contributed by atoms with Crippen LogP contribution in [0, 0.1) is 0 Å². The minimum absolute atomic E-state index is 0.241. The van der Waals surface area contributed by atoms with E-state index >= 15 is 0 Å². The molecule has 0 saturated carbocycles. The molecule has 0 aromatic heterocycles. The molecular weight excluding hydrogens is 370 g/mol. The zero-order valence-electron chi connectivity index (χ0n) is 17.2. The smallest absolute Gasteiger partial charge is 0.271 e. The van der Waals surface area contributed by atoms with E-state index in [9.17, 15) is 4.79 Å². The van der Waals surface area contributed by atoms with Gasteiger partial charge in [0, 0.05) is 16.7 Å². The second-order valence-electron chi connectivity index (χ2n) is 6.94. The highest BCUT2D eigenvalue weighted by Gasteiger charge is 2.14. The maximum absolute atomic E-state index is 12.4. The summed E-state index contributed by atoms with van der Waals surface area (Å²) in [6, 6.07) is 13.2. The van der Waals surface area contributed by atoms with Crippen LogP contribution in [0.1, 0.15) is 28.4 Å². The number of carbonyl (C=O) groups excluding carboxylic acids is 1.